The van der Waals surface area contributed by atoms with Crippen LogP contribution in [-0.2, 0) is 0 Å². The second-order valence-electron chi connectivity index (χ2n) is 5.04. The van der Waals surface area contributed by atoms with Crippen LogP contribution in [0.15, 0.2) is 23.1 Å². The summed E-state index contributed by atoms with van der Waals surface area (Å²) < 4.78 is 0. The fourth-order valence-corrected chi connectivity index (χ4v) is 3.74. The molecule has 0 amide bonds. The third-order valence-corrected chi connectivity index (χ3v) is 5.11. The van der Waals surface area contributed by atoms with Crippen LogP contribution >= 0.6 is 23.4 Å². The first kappa shape index (κ1) is 14.0. The van der Waals surface area contributed by atoms with Crippen LogP contribution in [0.1, 0.15) is 32.1 Å². The van der Waals surface area contributed by atoms with Gasteiger partial charge in [-0.05, 0) is 30.5 Å². The molecule has 3 N–H and O–H groups in total. The number of halogens is 1. The summed E-state index contributed by atoms with van der Waals surface area (Å²) in [5, 5.41) is 10.7. The molecular weight excluding hydrogens is 266 g/mol. The van der Waals surface area contributed by atoms with Gasteiger partial charge in [0.05, 0.1) is 11.1 Å². The Balaban J connectivity index is 1.79. The lowest BCUT2D eigenvalue weighted by molar-refractivity contribution is 0.166. The van der Waals surface area contributed by atoms with E-state index in [0.29, 0.717) is 16.5 Å². The first-order valence-electron chi connectivity index (χ1n) is 6.51. The summed E-state index contributed by atoms with van der Waals surface area (Å²) in [6, 6.07) is 5.52. The molecule has 0 aliphatic heterocycles. The molecule has 1 saturated carbocycles. The number of anilines is 1. The Hall–Kier alpha value is -0.380. The van der Waals surface area contributed by atoms with E-state index in [1.165, 1.54) is 25.7 Å². The number of aliphatic hydroxyl groups excluding tert-OH is 1. The molecule has 1 aliphatic carbocycles. The lowest BCUT2D eigenvalue weighted by Gasteiger charge is -2.15. The highest BCUT2D eigenvalue weighted by atomic mass is 35.5. The van der Waals surface area contributed by atoms with Gasteiger partial charge in [-0.15, -0.1) is 11.8 Å². The molecule has 0 aromatic heterocycles. The van der Waals surface area contributed by atoms with E-state index in [4.69, 9.17) is 17.3 Å². The van der Waals surface area contributed by atoms with Crippen molar-refractivity contribution in [3.63, 3.8) is 0 Å². The van der Waals surface area contributed by atoms with Crippen molar-refractivity contribution in [1.82, 2.24) is 0 Å². The summed E-state index contributed by atoms with van der Waals surface area (Å²) >= 11 is 7.71. The van der Waals surface area contributed by atoms with Crippen LogP contribution in [0, 0.1) is 5.92 Å². The summed E-state index contributed by atoms with van der Waals surface area (Å²) in [5.74, 6) is 1.43. The Labute approximate surface area is 118 Å². The number of rotatable bonds is 5. The molecule has 100 valence electrons. The molecule has 0 spiro atoms. The third kappa shape index (κ3) is 4.08. The molecule has 1 unspecified atom stereocenters. The highest BCUT2D eigenvalue weighted by Crippen LogP contribution is 2.32. The first-order chi connectivity index (χ1) is 8.65. The highest BCUT2D eigenvalue weighted by Gasteiger charge is 2.19. The largest absolute Gasteiger partial charge is 0.399 e. The van der Waals surface area contributed by atoms with Crippen molar-refractivity contribution in [1.29, 1.82) is 0 Å². The minimum absolute atomic E-state index is 0.230. The fraction of sp³-hybridized carbons (Fsp3) is 0.571. The molecule has 2 nitrogen and oxygen atoms in total. The molecule has 1 atom stereocenters. The molecule has 1 fully saturated rings. The maximum absolute atomic E-state index is 10.0. The molecule has 0 radical (unpaired) electrons. The molecule has 1 aliphatic rings. The van der Waals surface area contributed by atoms with E-state index in [9.17, 15) is 5.11 Å². The second kappa shape index (κ2) is 6.69. The number of hydrogen-bond donors (Lipinski definition) is 2. The van der Waals surface area contributed by atoms with E-state index in [1.807, 2.05) is 12.1 Å². The van der Waals surface area contributed by atoms with Gasteiger partial charge in [-0.2, -0.15) is 0 Å². The van der Waals surface area contributed by atoms with Crippen molar-refractivity contribution in [3.05, 3.63) is 23.2 Å². The maximum atomic E-state index is 10.0. The Morgan fingerprint density at radius 3 is 2.78 bits per heavy atom. The van der Waals surface area contributed by atoms with Crippen LogP contribution in [-0.4, -0.2) is 17.0 Å². The summed E-state index contributed by atoms with van der Waals surface area (Å²) in [5.41, 5.74) is 6.33. The van der Waals surface area contributed by atoms with Crippen LogP contribution < -0.4 is 5.73 Å². The average molecular weight is 286 g/mol. The zero-order chi connectivity index (χ0) is 13.0. The minimum atomic E-state index is -0.230. The quantitative estimate of drug-likeness (QED) is 0.636. The normalized spacial score (nSPS) is 18.1. The Kier molecular flexibility index (Phi) is 5.22. The summed E-state index contributed by atoms with van der Waals surface area (Å²) in [6.45, 7) is 0. The van der Waals surface area contributed by atoms with Gasteiger partial charge in [0.1, 0.15) is 0 Å². The van der Waals surface area contributed by atoms with Gasteiger partial charge in [-0.1, -0.05) is 37.3 Å². The van der Waals surface area contributed by atoms with Crippen LogP contribution in [0.2, 0.25) is 5.02 Å². The summed E-state index contributed by atoms with van der Waals surface area (Å²) in [6.07, 6.45) is 5.92. The number of benzene rings is 1. The zero-order valence-electron chi connectivity index (χ0n) is 10.4. The van der Waals surface area contributed by atoms with Gasteiger partial charge in [0, 0.05) is 16.3 Å². The van der Waals surface area contributed by atoms with Gasteiger partial charge < -0.3 is 10.8 Å². The van der Waals surface area contributed by atoms with E-state index in [0.717, 1.165) is 17.2 Å². The smallest absolute Gasteiger partial charge is 0.0636 e. The molecule has 0 bridgehead atoms. The summed E-state index contributed by atoms with van der Waals surface area (Å²) in [7, 11) is 0. The molecule has 0 saturated heterocycles. The lowest BCUT2D eigenvalue weighted by Crippen LogP contribution is -2.14. The number of thioether (sulfide) groups is 1. The minimum Gasteiger partial charge on any atom is -0.399 e. The number of hydrogen-bond acceptors (Lipinski definition) is 3. The van der Waals surface area contributed by atoms with Crippen molar-refractivity contribution in [3.8, 4) is 0 Å². The summed E-state index contributed by atoms with van der Waals surface area (Å²) in [4.78, 5) is 0.997. The third-order valence-electron chi connectivity index (χ3n) is 3.47. The SMILES string of the molecule is Nc1ccc(SCC(O)CC2CCCC2)c(Cl)c1. The fourth-order valence-electron chi connectivity index (χ4n) is 2.52. The highest BCUT2D eigenvalue weighted by molar-refractivity contribution is 7.99. The van der Waals surface area contributed by atoms with Gasteiger partial charge in [0.2, 0.25) is 0 Å². The predicted molar refractivity (Wildman–Crippen MR) is 79.2 cm³/mol. The van der Waals surface area contributed by atoms with Gasteiger partial charge in [0.25, 0.3) is 0 Å². The van der Waals surface area contributed by atoms with Crippen LogP contribution in [0.4, 0.5) is 5.69 Å². The monoisotopic (exact) mass is 285 g/mol. The van der Waals surface area contributed by atoms with E-state index >= 15 is 0 Å². The molecule has 18 heavy (non-hydrogen) atoms. The average Bonchev–Trinajstić information content (AvgIpc) is 2.80. The van der Waals surface area contributed by atoms with E-state index in [2.05, 4.69) is 0 Å². The topological polar surface area (TPSA) is 46.2 Å². The van der Waals surface area contributed by atoms with Gasteiger partial charge in [-0.3, -0.25) is 0 Å². The van der Waals surface area contributed by atoms with Gasteiger partial charge >= 0.3 is 0 Å². The van der Waals surface area contributed by atoms with Crippen molar-refractivity contribution in [2.24, 2.45) is 5.92 Å². The predicted octanol–water partition coefficient (Wildman–Crippen LogP) is 3.96. The van der Waals surface area contributed by atoms with Gasteiger partial charge in [-0.25, -0.2) is 0 Å². The standard InChI is InChI=1S/C14H20ClNOS/c15-13-8-11(16)5-6-14(13)18-9-12(17)7-10-3-1-2-4-10/h5-6,8,10,12,17H,1-4,7,9,16H2. The van der Waals surface area contributed by atoms with Crippen LogP contribution in [0.5, 0.6) is 0 Å². The van der Waals surface area contributed by atoms with Crippen molar-refractivity contribution in [2.45, 2.75) is 43.1 Å². The van der Waals surface area contributed by atoms with Crippen molar-refractivity contribution >= 4 is 29.1 Å². The first-order valence-corrected chi connectivity index (χ1v) is 7.87. The number of aliphatic hydroxyl groups is 1. The number of nitrogens with two attached hydrogens (primary N) is 1. The maximum Gasteiger partial charge on any atom is 0.0636 e. The molecule has 4 heteroatoms. The van der Waals surface area contributed by atoms with Gasteiger partial charge in [0.15, 0.2) is 0 Å². The Morgan fingerprint density at radius 2 is 2.11 bits per heavy atom. The van der Waals surface area contributed by atoms with Crippen LogP contribution in [0.3, 0.4) is 0 Å². The zero-order valence-corrected chi connectivity index (χ0v) is 12.0. The molecular formula is C14H20ClNOS. The number of nitrogen functional groups attached to an aromatic ring is 1. The van der Waals surface area contributed by atoms with Crippen molar-refractivity contribution in [2.75, 3.05) is 11.5 Å². The Bertz CT molecular complexity index is 393. The molecule has 2 rings (SSSR count). The Morgan fingerprint density at radius 1 is 1.39 bits per heavy atom. The molecule has 0 heterocycles. The van der Waals surface area contributed by atoms with Crippen LogP contribution in [0.25, 0.3) is 0 Å². The van der Waals surface area contributed by atoms with E-state index in [1.54, 1.807) is 17.8 Å². The second-order valence-corrected chi connectivity index (χ2v) is 6.51. The van der Waals surface area contributed by atoms with Crippen molar-refractivity contribution < 1.29 is 5.11 Å². The molecule has 1 aromatic carbocycles. The van der Waals surface area contributed by atoms with E-state index < -0.39 is 0 Å². The van der Waals surface area contributed by atoms with E-state index in [-0.39, 0.29) is 6.10 Å². The molecule has 1 aromatic rings. The lowest BCUT2D eigenvalue weighted by atomic mass is 10.0.